The van der Waals surface area contributed by atoms with Gasteiger partial charge < -0.3 is 4.52 Å². The second-order valence-electron chi connectivity index (χ2n) is 7.79. The van der Waals surface area contributed by atoms with Crippen molar-refractivity contribution in [1.82, 2.24) is 19.7 Å². The predicted octanol–water partition coefficient (Wildman–Crippen LogP) is 5.48. The fraction of sp³-hybridized carbons (Fsp3) is 0.478. The van der Waals surface area contributed by atoms with Crippen LogP contribution in [0.3, 0.4) is 0 Å². The van der Waals surface area contributed by atoms with E-state index in [1.54, 1.807) is 0 Å². The van der Waals surface area contributed by atoms with Crippen molar-refractivity contribution < 1.29 is 4.52 Å². The summed E-state index contributed by atoms with van der Waals surface area (Å²) in [6, 6.07) is 7.56. The molecule has 3 aromatic rings. The summed E-state index contributed by atoms with van der Waals surface area (Å²) >= 11 is 1.51. The molecule has 1 aliphatic carbocycles. The Morgan fingerprint density at radius 2 is 2.07 bits per heavy atom. The van der Waals surface area contributed by atoms with E-state index in [9.17, 15) is 4.79 Å². The second-order valence-corrected chi connectivity index (χ2v) is 9.09. The Hall–Kier alpha value is -2.41. The number of thioether (sulfide) groups is 1. The summed E-state index contributed by atoms with van der Waals surface area (Å²) in [6.45, 7) is 4.75. The topological polar surface area (TPSA) is 73.8 Å². The average Bonchev–Trinajstić information content (AvgIpc) is 3.23. The Kier molecular flexibility index (Phi) is 6.67. The maximum absolute atomic E-state index is 13.3. The summed E-state index contributed by atoms with van der Waals surface area (Å²) < 4.78 is 7.28. The molecule has 30 heavy (non-hydrogen) atoms. The smallest absolute Gasteiger partial charge is 0.262 e. The van der Waals surface area contributed by atoms with Gasteiger partial charge in [-0.3, -0.25) is 9.36 Å². The number of fused-ring (bicyclic) bond motifs is 1. The van der Waals surface area contributed by atoms with Crippen LogP contribution < -0.4 is 5.56 Å². The summed E-state index contributed by atoms with van der Waals surface area (Å²) in [5, 5.41) is 5.34. The molecular weight excluding hydrogens is 396 g/mol. The van der Waals surface area contributed by atoms with Gasteiger partial charge in [0.25, 0.3) is 5.56 Å². The number of hydrogen-bond acceptors (Lipinski definition) is 6. The van der Waals surface area contributed by atoms with E-state index in [0.717, 1.165) is 43.4 Å². The Balaban J connectivity index is 1.64. The Bertz CT molecular complexity index is 1100. The normalized spacial score (nSPS) is 15.3. The number of aromatic nitrogens is 4. The summed E-state index contributed by atoms with van der Waals surface area (Å²) in [5.41, 5.74) is 2.19. The van der Waals surface area contributed by atoms with Crippen LogP contribution >= 0.6 is 11.8 Å². The second kappa shape index (κ2) is 9.60. The Labute approximate surface area is 180 Å². The monoisotopic (exact) mass is 424 g/mol. The largest absolute Gasteiger partial charge is 0.338 e. The van der Waals surface area contributed by atoms with Crippen LogP contribution in [0.4, 0.5) is 0 Å². The van der Waals surface area contributed by atoms with Gasteiger partial charge in [-0.2, -0.15) is 4.98 Å². The Morgan fingerprint density at radius 1 is 1.20 bits per heavy atom. The first-order chi connectivity index (χ1) is 14.7. The van der Waals surface area contributed by atoms with E-state index in [1.165, 1.54) is 30.2 Å². The summed E-state index contributed by atoms with van der Waals surface area (Å²) in [7, 11) is 0. The van der Waals surface area contributed by atoms with Crippen LogP contribution in [0.15, 0.2) is 50.4 Å². The van der Waals surface area contributed by atoms with Gasteiger partial charge in [0.2, 0.25) is 5.89 Å². The third kappa shape index (κ3) is 4.67. The van der Waals surface area contributed by atoms with E-state index >= 15 is 0 Å². The van der Waals surface area contributed by atoms with Crippen LogP contribution in [0.25, 0.3) is 10.9 Å². The lowest BCUT2D eigenvalue weighted by atomic mass is 9.97. The minimum atomic E-state index is -0.0867. The van der Waals surface area contributed by atoms with Crippen molar-refractivity contribution in [3.05, 3.63) is 58.0 Å². The molecule has 0 fully saturated rings. The van der Waals surface area contributed by atoms with Crippen molar-refractivity contribution in [2.75, 3.05) is 0 Å². The van der Waals surface area contributed by atoms with Crippen molar-refractivity contribution in [1.29, 1.82) is 0 Å². The van der Waals surface area contributed by atoms with Gasteiger partial charge in [-0.1, -0.05) is 47.6 Å². The van der Waals surface area contributed by atoms with Crippen LogP contribution in [0.2, 0.25) is 0 Å². The zero-order chi connectivity index (χ0) is 20.9. The molecule has 1 atom stereocenters. The van der Waals surface area contributed by atoms with Crippen molar-refractivity contribution in [3.63, 3.8) is 0 Å². The lowest BCUT2D eigenvalue weighted by Crippen LogP contribution is -2.24. The first-order valence-corrected chi connectivity index (χ1v) is 11.7. The first kappa shape index (κ1) is 20.8. The molecule has 2 aromatic heterocycles. The molecule has 158 valence electrons. The molecule has 0 saturated heterocycles. The molecule has 0 radical (unpaired) electrons. The molecule has 0 N–H and O–H groups in total. The first-order valence-electron chi connectivity index (χ1n) is 10.8. The highest BCUT2D eigenvalue weighted by molar-refractivity contribution is 7.99. The van der Waals surface area contributed by atoms with E-state index < -0.39 is 0 Å². The minimum Gasteiger partial charge on any atom is -0.338 e. The number of aryl methyl sites for hydroxylation is 1. The van der Waals surface area contributed by atoms with Gasteiger partial charge in [-0.05, 0) is 57.6 Å². The third-order valence-corrected chi connectivity index (χ3v) is 6.53. The maximum Gasteiger partial charge on any atom is 0.262 e. The van der Waals surface area contributed by atoms with E-state index in [4.69, 9.17) is 9.51 Å². The molecular formula is C23H28N4O2S. The lowest BCUT2D eigenvalue weighted by molar-refractivity contribution is 0.374. The molecule has 1 aliphatic rings. The van der Waals surface area contributed by atoms with Gasteiger partial charge in [0, 0.05) is 13.0 Å². The molecule has 6 nitrogen and oxygen atoms in total. The molecule has 1 unspecified atom stereocenters. The van der Waals surface area contributed by atoms with E-state index in [0.29, 0.717) is 23.0 Å². The van der Waals surface area contributed by atoms with Crippen LogP contribution in [0, 0.1) is 0 Å². The average molecular weight is 425 g/mol. The molecule has 0 saturated carbocycles. The van der Waals surface area contributed by atoms with Crippen LogP contribution in [-0.4, -0.2) is 19.7 Å². The zero-order valence-electron chi connectivity index (χ0n) is 17.6. The van der Waals surface area contributed by atoms with Gasteiger partial charge in [-0.25, -0.2) is 4.98 Å². The summed E-state index contributed by atoms with van der Waals surface area (Å²) in [6.07, 6.45) is 9.80. The number of hydrogen-bond donors (Lipinski definition) is 0. The molecule has 0 spiro atoms. The number of rotatable bonds is 8. The molecule has 0 aliphatic heterocycles. The number of para-hydroxylation sites is 1. The standard InChI is InChI=1S/C23H28N4O2S/c1-3-9-20-25-21(29-26-20)16(2)30-23-24-19-13-8-7-12-18(19)22(28)27(23)15-14-17-10-5-4-6-11-17/h7-8,10,12-13,16H,3-6,9,11,14-15H2,1-2H3. The van der Waals surface area contributed by atoms with Gasteiger partial charge in [-0.15, -0.1) is 0 Å². The number of allylic oxidation sites excluding steroid dienone is 2. The quantitative estimate of drug-likeness (QED) is 0.271. The number of benzene rings is 1. The van der Waals surface area contributed by atoms with Crippen molar-refractivity contribution in [2.24, 2.45) is 0 Å². The molecule has 2 heterocycles. The minimum absolute atomic E-state index is 0.0175. The van der Waals surface area contributed by atoms with E-state index in [-0.39, 0.29) is 10.8 Å². The highest BCUT2D eigenvalue weighted by atomic mass is 32.2. The van der Waals surface area contributed by atoms with Crippen molar-refractivity contribution >= 4 is 22.7 Å². The van der Waals surface area contributed by atoms with Crippen LogP contribution in [0.5, 0.6) is 0 Å². The van der Waals surface area contributed by atoms with E-state index in [1.807, 2.05) is 35.8 Å². The van der Waals surface area contributed by atoms with Crippen LogP contribution in [0.1, 0.15) is 69.3 Å². The molecule has 0 amide bonds. The lowest BCUT2D eigenvalue weighted by Gasteiger charge is -2.17. The van der Waals surface area contributed by atoms with E-state index in [2.05, 4.69) is 23.1 Å². The van der Waals surface area contributed by atoms with Crippen molar-refractivity contribution in [3.8, 4) is 0 Å². The zero-order valence-corrected chi connectivity index (χ0v) is 18.5. The SMILES string of the molecule is CCCc1noc(C(C)Sc2nc3ccccc3c(=O)n2CCC2=CCCCC2)n1. The molecule has 7 heteroatoms. The van der Waals surface area contributed by atoms with Gasteiger partial charge >= 0.3 is 0 Å². The summed E-state index contributed by atoms with van der Waals surface area (Å²) in [4.78, 5) is 22.6. The maximum atomic E-state index is 13.3. The van der Waals surface area contributed by atoms with Crippen LogP contribution in [-0.2, 0) is 13.0 Å². The Morgan fingerprint density at radius 3 is 2.87 bits per heavy atom. The highest BCUT2D eigenvalue weighted by Gasteiger charge is 2.20. The highest BCUT2D eigenvalue weighted by Crippen LogP contribution is 2.33. The fourth-order valence-electron chi connectivity index (χ4n) is 3.79. The molecule has 0 bridgehead atoms. The predicted molar refractivity (Wildman–Crippen MR) is 120 cm³/mol. The van der Waals surface area contributed by atoms with Gasteiger partial charge in [0.05, 0.1) is 16.2 Å². The van der Waals surface area contributed by atoms with Crippen molar-refractivity contribution in [2.45, 2.75) is 75.7 Å². The third-order valence-electron chi connectivity index (χ3n) is 5.46. The molecule has 4 rings (SSSR count). The fourth-order valence-corrected chi connectivity index (χ4v) is 4.75. The molecule has 1 aromatic carbocycles. The summed E-state index contributed by atoms with van der Waals surface area (Å²) in [5.74, 6) is 1.31. The van der Waals surface area contributed by atoms with Gasteiger partial charge in [0.15, 0.2) is 11.0 Å². The number of nitrogens with zero attached hydrogens (tertiary/aromatic N) is 4. The van der Waals surface area contributed by atoms with Gasteiger partial charge in [0.1, 0.15) is 0 Å².